The van der Waals surface area contributed by atoms with Crippen molar-refractivity contribution in [3.05, 3.63) is 28.8 Å². The van der Waals surface area contributed by atoms with Crippen LogP contribution < -0.4 is 4.90 Å². The molecule has 0 saturated carbocycles. The van der Waals surface area contributed by atoms with Crippen LogP contribution >= 0.6 is 11.6 Å². The molecule has 0 spiro atoms. The molecule has 0 aliphatic carbocycles. The van der Waals surface area contributed by atoms with Crippen molar-refractivity contribution in [2.45, 2.75) is 32.7 Å². The number of aliphatic hydroxyl groups excluding tert-OH is 1. The molecule has 1 aliphatic heterocycles. The Morgan fingerprint density at radius 3 is 2.65 bits per heavy atom. The number of hydrogen-bond donors (Lipinski definition) is 1. The molecule has 0 unspecified atom stereocenters. The zero-order valence-electron chi connectivity index (χ0n) is 12.6. The Balaban J connectivity index is 2.08. The molecule has 3 nitrogen and oxygen atoms in total. The summed E-state index contributed by atoms with van der Waals surface area (Å²) in [6.07, 6.45) is 0. The normalized spacial score (nSPS) is 20.7. The van der Waals surface area contributed by atoms with Gasteiger partial charge in [0.1, 0.15) is 0 Å². The molecule has 1 fully saturated rings. The molecule has 0 amide bonds. The molecule has 112 valence electrons. The lowest BCUT2D eigenvalue weighted by atomic mass is 10.0. The zero-order valence-corrected chi connectivity index (χ0v) is 13.4. The Labute approximate surface area is 127 Å². The summed E-state index contributed by atoms with van der Waals surface area (Å²) in [7, 11) is 0. The second kappa shape index (κ2) is 6.79. The van der Waals surface area contributed by atoms with Crippen LogP contribution in [0, 0.1) is 0 Å². The number of β-amino-alcohol motifs (C(OH)–C–C–N with tert-alkyl or cyclic N) is 1. The maximum atomic E-state index is 9.07. The standard InChI is InChI=1S/C16H25ClN2O/c1-12(2)15-5-4-14(10-16(15)17)19-7-6-18(8-9-20)13(3)11-19/h4-5,10,12-13,20H,6-9,11H2,1-3H3/t13-/m1/s1. The van der Waals surface area contributed by atoms with Gasteiger partial charge < -0.3 is 10.0 Å². The molecule has 1 saturated heterocycles. The summed E-state index contributed by atoms with van der Waals surface area (Å²) in [6.45, 7) is 10.5. The van der Waals surface area contributed by atoms with Gasteiger partial charge in [-0.3, -0.25) is 4.90 Å². The third kappa shape index (κ3) is 3.46. The van der Waals surface area contributed by atoms with Crippen LogP contribution in [0.2, 0.25) is 5.02 Å². The first-order valence-corrected chi connectivity index (χ1v) is 7.80. The van der Waals surface area contributed by atoms with E-state index < -0.39 is 0 Å². The fraction of sp³-hybridized carbons (Fsp3) is 0.625. The van der Waals surface area contributed by atoms with E-state index in [-0.39, 0.29) is 6.61 Å². The largest absolute Gasteiger partial charge is 0.395 e. The highest BCUT2D eigenvalue weighted by Gasteiger charge is 2.23. The number of benzene rings is 1. The predicted octanol–water partition coefficient (Wildman–Crippen LogP) is 2.97. The summed E-state index contributed by atoms with van der Waals surface area (Å²) in [5.74, 6) is 0.455. The molecule has 0 bridgehead atoms. The number of rotatable bonds is 4. The fourth-order valence-corrected chi connectivity index (χ4v) is 3.26. The summed E-state index contributed by atoms with van der Waals surface area (Å²) in [6, 6.07) is 6.87. The van der Waals surface area contributed by atoms with E-state index in [4.69, 9.17) is 16.7 Å². The highest BCUT2D eigenvalue weighted by atomic mass is 35.5. The van der Waals surface area contributed by atoms with Gasteiger partial charge in [0.05, 0.1) is 6.61 Å². The van der Waals surface area contributed by atoms with E-state index in [9.17, 15) is 0 Å². The van der Waals surface area contributed by atoms with Crippen LogP contribution in [0.1, 0.15) is 32.3 Å². The van der Waals surface area contributed by atoms with Crippen LogP contribution in [-0.4, -0.2) is 48.8 Å². The van der Waals surface area contributed by atoms with Crippen molar-refractivity contribution < 1.29 is 5.11 Å². The van der Waals surface area contributed by atoms with Crippen molar-refractivity contribution in [2.24, 2.45) is 0 Å². The molecule has 1 aromatic carbocycles. The molecule has 1 aliphatic rings. The summed E-state index contributed by atoms with van der Waals surface area (Å²) in [5, 5.41) is 9.93. The Kier molecular flexibility index (Phi) is 5.30. The van der Waals surface area contributed by atoms with E-state index in [2.05, 4.69) is 48.8 Å². The van der Waals surface area contributed by atoms with Gasteiger partial charge in [-0.15, -0.1) is 0 Å². The van der Waals surface area contributed by atoms with Crippen LogP contribution in [-0.2, 0) is 0 Å². The smallest absolute Gasteiger partial charge is 0.0558 e. The van der Waals surface area contributed by atoms with Crippen molar-refractivity contribution in [3.63, 3.8) is 0 Å². The van der Waals surface area contributed by atoms with Crippen LogP contribution in [0.4, 0.5) is 5.69 Å². The number of aliphatic hydroxyl groups is 1. The van der Waals surface area contributed by atoms with Gasteiger partial charge in [0.15, 0.2) is 0 Å². The molecule has 0 aromatic heterocycles. The third-order valence-corrected chi connectivity index (χ3v) is 4.45. The lowest BCUT2D eigenvalue weighted by molar-refractivity contribution is 0.146. The molecular formula is C16H25ClN2O. The Morgan fingerprint density at radius 2 is 2.10 bits per heavy atom. The van der Waals surface area contributed by atoms with Gasteiger partial charge in [0, 0.05) is 42.9 Å². The minimum atomic E-state index is 0.235. The predicted molar refractivity (Wildman–Crippen MR) is 85.9 cm³/mol. The van der Waals surface area contributed by atoms with E-state index in [0.29, 0.717) is 12.0 Å². The maximum absolute atomic E-state index is 9.07. The van der Waals surface area contributed by atoms with Crippen molar-refractivity contribution >= 4 is 17.3 Å². The second-order valence-electron chi connectivity index (χ2n) is 5.92. The molecule has 4 heteroatoms. The maximum Gasteiger partial charge on any atom is 0.0558 e. The topological polar surface area (TPSA) is 26.7 Å². The van der Waals surface area contributed by atoms with Crippen molar-refractivity contribution in [2.75, 3.05) is 37.7 Å². The molecular weight excluding hydrogens is 272 g/mol. The van der Waals surface area contributed by atoms with Crippen molar-refractivity contribution in [1.29, 1.82) is 0 Å². The SMILES string of the molecule is CC(C)c1ccc(N2CCN(CCO)[C@H](C)C2)cc1Cl. The monoisotopic (exact) mass is 296 g/mol. The summed E-state index contributed by atoms with van der Waals surface area (Å²) in [5.41, 5.74) is 2.41. The van der Waals surface area contributed by atoms with Crippen molar-refractivity contribution in [1.82, 2.24) is 4.90 Å². The second-order valence-corrected chi connectivity index (χ2v) is 6.32. The minimum Gasteiger partial charge on any atom is -0.395 e. The van der Waals surface area contributed by atoms with E-state index in [0.717, 1.165) is 31.2 Å². The Bertz CT molecular complexity index is 450. The van der Waals surface area contributed by atoms with Gasteiger partial charge >= 0.3 is 0 Å². The first kappa shape index (κ1) is 15.6. The van der Waals surface area contributed by atoms with Gasteiger partial charge in [-0.1, -0.05) is 31.5 Å². The number of halogens is 1. The minimum absolute atomic E-state index is 0.235. The first-order chi connectivity index (χ1) is 9.52. The number of hydrogen-bond acceptors (Lipinski definition) is 3. The Morgan fingerprint density at radius 1 is 1.35 bits per heavy atom. The average molecular weight is 297 g/mol. The number of anilines is 1. The average Bonchev–Trinajstić information content (AvgIpc) is 2.40. The number of piperazine rings is 1. The summed E-state index contributed by atoms with van der Waals surface area (Å²) in [4.78, 5) is 4.72. The van der Waals surface area contributed by atoms with E-state index in [1.807, 2.05) is 0 Å². The van der Waals surface area contributed by atoms with Crippen LogP contribution in [0.5, 0.6) is 0 Å². The summed E-state index contributed by atoms with van der Waals surface area (Å²) >= 11 is 6.39. The molecule has 2 rings (SSSR count). The first-order valence-electron chi connectivity index (χ1n) is 7.42. The van der Waals surface area contributed by atoms with Gasteiger partial charge in [-0.05, 0) is 30.5 Å². The highest BCUT2D eigenvalue weighted by Crippen LogP contribution is 2.29. The molecule has 1 aromatic rings. The van der Waals surface area contributed by atoms with Gasteiger partial charge in [-0.2, -0.15) is 0 Å². The molecule has 1 heterocycles. The highest BCUT2D eigenvalue weighted by molar-refractivity contribution is 6.31. The van der Waals surface area contributed by atoms with E-state index in [1.165, 1.54) is 11.3 Å². The van der Waals surface area contributed by atoms with Crippen LogP contribution in [0.3, 0.4) is 0 Å². The fourth-order valence-electron chi connectivity index (χ4n) is 2.87. The van der Waals surface area contributed by atoms with Crippen molar-refractivity contribution in [3.8, 4) is 0 Å². The summed E-state index contributed by atoms with van der Waals surface area (Å²) < 4.78 is 0. The molecule has 20 heavy (non-hydrogen) atoms. The van der Waals surface area contributed by atoms with E-state index in [1.54, 1.807) is 0 Å². The number of nitrogens with zero attached hydrogens (tertiary/aromatic N) is 2. The van der Waals surface area contributed by atoms with E-state index >= 15 is 0 Å². The molecule has 1 atom stereocenters. The zero-order chi connectivity index (χ0) is 14.7. The third-order valence-electron chi connectivity index (χ3n) is 4.12. The van der Waals surface area contributed by atoms with Crippen LogP contribution in [0.15, 0.2) is 18.2 Å². The lowest BCUT2D eigenvalue weighted by Gasteiger charge is -2.40. The van der Waals surface area contributed by atoms with Crippen LogP contribution in [0.25, 0.3) is 0 Å². The lowest BCUT2D eigenvalue weighted by Crippen LogP contribution is -2.52. The Hall–Kier alpha value is -0.770. The van der Waals surface area contributed by atoms with Gasteiger partial charge in [-0.25, -0.2) is 0 Å². The molecule has 0 radical (unpaired) electrons. The quantitative estimate of drug-likeness (QED) is 0.925. The molecule has 1 N–H and O–H groups in total. The van der Waals surface area contributed by atoms with Gasteiger partial charge in [0.2, 0.25) is 0 Å². The van der Waals surface area contributed by atoms with Gasteiger partial charge in [0.25, 0.3) is 0 Å².